The Bertz CT molecular complexity index is 1060. The summed E-state index contributed by atoms with van der Waals surface area (Å²) >= 11 is 0.740. The fourth-order valence-corrected chi connectivity index (χ4v) is 3.68. The van der Waals surface area contributed by atoms with Gasteiger partial charge in [-0.3, -0.25) is 24.1 Å². The van der Waals surface area contributed by atoms with Crippen LogP contribution >= 0.6 is 11.8 Å². The SMILES string of the molecule is O=C(CNC(=O)c1ccccc1)NCCN1C(=O)S/C(=C\c2ccc(OC(F)F)cc2)C1=O. The summed E-state index contributed by atoms with van der Waals surface area (Å²) < 4.78 is 28.7. The molecule has 0 saturated carbocycles. The molecule has 0 aliphatic carbocycles. The molecule has 1 fully saturated rings. The number of nitrogens with one attached hydrogen (secondary N) is 2. The maximum absolute atomic E-state index is 12.5. The molecule has 0 unspecified atom stereocenters. The Labute approximate surface area is 192 Å². The standard InChI is InChI=1S/C22H19F2N3O5S/c23-21(24)32-16-8-6-14(7-9-16)12-17-20(30)27(22(31)33-17)11-10-25-18(28)13-26-19(29)15-4-2-1-3-5-15/h1-9,12,21H,10-11,13H2,(H,25,28)(H,26,29)/b17-12-. The Morgan fingerprint density at radius 2 is 1.73 bits per heavy atom. The fourth-order valence-electron chi connectivity index (χ4n) is 2.81. The van der Waals surface area contributed by atoms with Crippen molar-refractivity contribution >= 4 is 40.8 Å². The van der Waals surface area contributed by atoms with Crippen LogP contribution in [0.5, 0.6) is 5.75 Å². The van der Waals surface area contributed by atoms with Gasteiger partial charge in [0.15, 0.2) is 0 Å². The zero-order valence-corrected chi connectivity index (χ0v) is 17.9. The lowest BCUT2D eigenvalue weighted by Gasteiger charge is -2.13. The van der Waals surface area contributed by atoms with Crippen LogP contribution in [0.15, 0.2) is 59.5 Å². The molecule has 2 aromatic carbocycles. The van der Waals surface area contributed by atoms with Crippen LogP contribution < -0.4 is 15.4 Å². The molecule has 33 heavy (non-hydrogen) atoms. The monoisotopic (exact) mass is 475 g/mol. The Morgan fingerprint density at radius 3 is 2.39 bits per heavy atom. The normalized spacial score (nSPS) is 14.6. The highest BCUT2D eigenvalue weighted by Gasteiger charge is 2.34. The first-order valence-corrected chi connectivity index (χ1v) is 10.6. The molecule has 0 aromatic heterocycles. The molecule has 11 heteroatoms. The largest absolute Gasteiger partial charge is 0.435 e. The first-order valence-electron chi connectivity index (χ1n) is 9.73. The fraction of sp³-hybridized carbons (Fsp3) is 0.182. The van der Waals surface area contributed by atoms with Crippen LogP contribution in [0.2, 0.25) is 0 Å². The zero-order valence-electron chi connectivity index (χ0n) is 17.1. The third-order valence-electron chi connectivity index (χ3n) is 4.38. The zero-order chi connectivity index (χ0) is 23.8. The minimum atomic E-state index is -2.94. The van der Waals surface area contributed by atoms with Gasteiger partial charge in [0.05, 0.1) is 11.4 Å². The van der Waals surface area contributed by atoms with E-state index in [1.54, 1.807) is 30.3 Å². The number of benzene rings is 2. The van der Waals surface area contributed by atoms with Crippen LogP contribution in [0.3, 0.4) is 0 Å². The van der Waals surface area contributed by atoms with Gasteiger partial charge in [-0.25, -0.2) is 0 Å². The summed E-state index contributed by atoms with van der Waals surface area (Å²) in [6, 6.07) is 14.0. The first-order chi connectivity index (χ1) is 15.8. The molecule has 8 nitrogen and oxygen atoms in total. The van der Waals surface area contributed by atoms with Crippen molar-refractivity contribution in [1.29, 1.82) is 0 Å². The minimum absolute atomic E-state index is 0.0189. The quantitative estimate of drug-likeness (QED) is 0.541. The van der Waals surface area contributed by atoms with Crippen molar-refractivity contribution < 1.29 is 32.7 Å². The molecule has 0 spiro atoms. The summed E-state index contributed by atoms with van der Waals surface area (Å²) in [5, 5.41) is 4.53. The van der Waals surface area contributed by atoms with Gasteiger partial charge in [-0.1, -0.05) is 30.3 Å². The maximum Gasteiger partial charge on any atom is 0.387 e. The van der Waals surface area contributed by atoms with E-state index in [1.807, 2.05) is 0 Å². The highest BCUT2D eigenvalue weighted by atomic mass is 32.2. The van der Waals surface area contributed by atoms with Gasteiger partial charge >= 0.3 is 6.61 Å². The predicted octanol–water partition coefficient (Wildman–Crippen LogP) is 2.87. The lowest BCUT2D eigenvalue weighted by atomic mass is 10.2. The highest BCUT2D eigenvalue weighted by Crippen LogP contribution is 2.32. The second-order valence-corrected chi connectivity index (χ2v) is 7.67. The Hall–Kier alpha value is -3.73. The second kappa shape index (κ2) is 11.2. The van der Waals surface area contributed by atoms with E-state index in [2.05, 4.69) is 15.4 Å². The number of hydrogen-bond donors (Lipinski definition) is 2. The third-order valence-corrected chi connectivity index (χ3v) is 5.29. The van der Waals surface area contributed by atoms with Gasteiger partial charge in [0, 0.05) is 18.7 Å². The number of amides is 4. The molecule has 1 heterocycles. The Kier molecular flexibility index (Phi) is 8.14. The van der Waals surface area contributed by atoms with E-state index in [0.717, 1.165) is 16.7 Å². The number of ether oxygens (including phenoxy) is 1. The molecule has 1 aliphatic rings. The van der Waals surface area contributed by atoms with Gasteiger partial charge in [0.1, 0.15) is 5.75 Å². The molecule has 2 aromatic rings. The predicted molar refractivity (Wildman–Crippen MR) is 118 cm³/mol. The van der Waals surface area contributed by atoms with Gasteiger partial charge in [-0.2, -0.15) is 8.78 Å². The van der Waals surface area contributed by atoms with E-state index in [9.17, 15) is 28.0 Å². The molecule has 2 N–H and O–H groups in total. The Balaban J connectivity index is 1.46. The van der Waals surface area contributed by atoms with Crippen LogP contribution in [0.1, 0.15) is 15.9 Å². The average molecular weight is 475 g/mol. The van der Waals surface area contributed by atoms with Crippen molar-refractivity contribution in [2.75, 3.05) is 19.6 Å². The number of hydrogen-bond acceptors (Lipinski definition) is 6. The number of thioether (sulfide) groups is 1. The van der Waals surface area contributed by atoms with Crippen molar-refractivity contribution in [1.82, 2.24) is 15.5 Å². The highest BCUT2D eigenvalue weighted by molar-refractivity contribution is 8.18. The van der Waals surface area contributed by atoms with E-state index >= 15 is 0 Å². The van der Waals surface area contributed by atoms with Crippen LogP contribution in [0, 0.1) is 0 Å². The van der Waals surface area contributed by atoms with Crippen LogP contribution in [-0.2, 0) is 9.59 Å². The van der Waals surface area contributed by atoms with E-state index in [-0.39, 0.29) is 30.3 Å². The molecule has 1 aliphatic heterocycles. The minimum Gasteiger partial charge on any atom is -0.435 e. The van der Waals surface area contributed by atoms with Crippen molar-refractivity contribution in [3.05, 3.63) is 70.6 Å². The van der Waals surface area contributed by atoms with Gasteiger partial charge in [0.25, 0.3) is 17.1 Å². The first kappa shape index (κ1) is 23.9. The summed E-state index contributed by atoms with van der Waals surface area (Å²) in [4.78, 5) is 49.7. The number of imide groups is 1. The van der Waals surface area contributed by atoms with Gasteiger partial charge in [-0.15, -0.1) is 0 Å². The molecular weight excluding hydrogens is 456 g/mol. The van der Waals surface area contributed by atoms with Crippen molar-refractivity contribution in [2.45, 2.75) is 6.61 Å². The van der Waals surface area contributed by atoms with Crippen LogP contribution in [0.25, 0.3) is 6.08 Å². The molecule has 0 atom stereocenters. The second-order valence-electron chi connectivity index (χ2n) is 6.68. The Morgan fingerprint density at radius 1 is 1.03 bits per heavy atom. The third kappa shape index (κ3) is 6.88. The summed E-state index contributed by atoms with van der Waals surface area (Å²) in [6.07, 6.45) is 1.47. The van der Waals surface area contributed by atoms with Crippen molar-refractivity contribution in [2.24, 2.45) is 0 Å². The number of carbonyl (C=O) groups excluding carboxylic acids is 4. The van der Waals surface area contributed by atoms with E-state index in [4.69, 9.17) is 0 Å². The van der Waals surface area contributed by atoms with Crippen LogP contribution in [-0.4, -0.2) is 54.1 Å². The van der Waals surface area contributed by atoms with E-state index in [0.29, 0.717) is 11.1 Å². The molecule has 0 radical (unpaired) electrons. The van der Waals surface area contributed by atoms with Gasteiger partial charge < -0.3 is 15.4 Å². The molecule has 1 saturated heterocycles. The van der Waals surface area contributed by atoms with Crippen molar-refractivity contribution in [3.63, 3.8) is 0 Å². The smallest absolute Gasteiger partial charge is 0.387 e. The number of alkyl halides is 2. The number of halogens is 2. The number of rotatable bonds is 9. The van der Waals surface area contributed by atoms with Crippen LogP contribution in [0.4, 0.5) is 13.6 Å². The molecule has 3 rings (SSSR count). The number of carbonyl (C=O) groups is 4. The maximum atomic E-state index is 12.5. The lowest BCUT2D eigenvalue weighted by molar-refractivity contribution is -0.124. The van der Waals surface area contributed by atoms with Crippen molar-refractivity contribution in [3.8, 4) is 5.75 Å². The molecule has 4 amide bonds. The van der Waals surface area contributed by atoms with Gasteiger partial charge in [-0.05, 0) is 47.7 Å². The van der Waals surface area contributed by atoms with E-state index < -0.39 is 29.6 Å². The topological polar surface area (TPSA) is 105 Å². The molecular formula is C22H19F2N3O5S. The summed E-state index contributed by atoms with van der Waals surface area (Å²) in [5.41, 5.74) is 0.954. The summed E-state index contributed by atoms with van der Waals surface area (Å²) in [7, 11) is 0. The lowest BCUT2D eigenvalue weighted by Crippen LogP contribution is -2.41. The van der Waals surface area contributed by atoms with Gasteiger partial charge in [0.2, 0.25) is 5.91 Å². The summed E-state index contributed by atoms with van der Waals surface area (Å²) in [5.74, 6) is -1.40. The number of nitrogens with zero attached hydrogens (tertiary/aromatic N) is 1. The van der Waals surface area contributed by atoms with E-state index in [1.165, 1.54) is 30.3 Å². The molecule has 172 valence electrons. The average Bonchev–Trinajstić information content (AvgIpc) is 3.06. The summed E-state index contributed by atoms with van der Waals surface area (Å²) in [6.45, 7) is -3.21. The molecule has 0 bridgehead atoms.